The van der Waals surface area contributed by atoms with Crippen molar-refractivity contribution >= 4 is 45.0 Å². The molecule has 8 nitrogen and oxygen atoms in total. The van der Waals surface area contributed by atoms with Crippen LogP contribution in [0.2, 0.25) is 0 Å². The minimum Gasteiger partial charge on any atom is -0.493 e. The molecule has 2 heterocycles. The first-order valence-corrected chi connectivity index (χ1v) is 14.4. The van der Waals surface area contributed by atoms with Gasteiger partial charge in [-0.25, -0.2) is 14.2 Å². The van der Waals surface area contributed by atoms with E-state index in [0.717, 1.165) is 11.3 Å². The third-order valence-corrected chi connectivity index (χ3v) is 7.96. The van der Waals surface area contributed by atoms with Gasteiger partial charge in [0.2, 0.25) is 0 Å². The van der Waals surface area contributed by atoms with Gasteiger partial charge in [-0.2, -0.15) is 5.26 Å². The molecule has 1 aliphatic rings. The van der Waals surface area contributed by atoms with Crippen molar-refractivity contribution in [2.75, 3.05) is 20.3 Å². The molecule has 0 aliphatic carbocycles. The van der Waals surface area contributed by atoms with Crippen molar-refractivity contribution in [1.82, 2.24) is 4.57 Å². The van der Waals surface area contributed by atoms with E-state index in [9.17, 15) is 14.0 Å². The van der Waals surface area contributed by atoms with Crippen molar-refractivity contribution in [2.45, 2.75) is 13.0 Å². The van der Waals surface area contributed by atoms with E-state index in [1.165, 1.54) is 23.8 Å². The maximum atomic E-state index is 14.0. The van der Waals surface area contributed by atoms with Crippen LogP contribution in [0.3, 0.4) is 0 Å². The number of methoxy groups -OCH3 is 1. The molecule has 5 rings (SSSR count). The van der Waals surface area contributed by atoms with E-state index in [-0.39, 0.29) is 24.3 Å². The molecule has 0 amide bonds. The van der Waals surface area contributed by atoms with Gasteiger partial charge in [-0.1, -0.05) is 53.8 Å². The molecule has 0 N–H and O–H groups in total. The summed E-state index contributed by atoms with van der Waals surface area (Å²) < 4.78 is 32.7. The van der Waals surface area contributed by atoms with Gasteiger partial charge < -0.3 is 14.2 Å². The molecule has 0 spiro atoms. The lowest BCUT2D eigenvalue weighted by atomic mass is 9.93. The van der Waals surface area contributed by atoms with E-state index < -0.39 is 17.8 Å². The number of carbonyl (C=O) groups is 1. The second-order valence-electron chi connectivity index (χ2n) is 8.96. The van der Waals surface area contributed by atoms with Gasteiger partial charge >= 0.3 is 5.97 Å². The van der Waals surface area contributed by atoms with Gasteiger partial charge in [-0.15, -0.1) is 0 Å². The molecule has 0 fully saturated rings. The molecule has 1 aliphatic heterocycles. The number of carbonyl (C=O) groups excluding carboxylic acids is 1. The molecule has 1 aromatic heterocycles. The minimum atomic E-state index is -0.915. The van der Waals surface area contributed by atoms with Crippen molar-refractivity contribution in [2.24, 2.45) is 4.99 Å². The van der Waals surface area contributed by atoms with E-state index >= 15 is 0 Å². The zero-order valence-corrected chi connectivity index (χ0v) is 24.9. The Kier molecular flexibility index (Phi) is 8.66. The molecular weight excluding hydrogens is 625 g/mol. The Bertz CT molecular complexity index is 1910. The fraction of sp³-hybridized carbons (Fsp3) is 0.161. The zero-order chi connectivity index (χ0) is 29.8. The maximum Gasteiger partial charge on any atom is 0.338 e. The Morgan fingerprint density at radius 1 is 1.19 bits per heavy atom. The molecule has 11 heteroatoms. The van der Waals surface area contributed by atoms with Gasteiger partial charge in [-0.3, -0.25) is 9.36 Å². The predicted molar refractivity (Wildman–Crippen MR) is 159 cm³/mol. The molecule has 0 bridgehead atoms. The van der Waals surface area contributed by atoms with Crippen LogP contribution in [0.25, 0.3) is 11.8 Å². The fourth-order valence-electron chi connectivity index (χ4n) is 4.62. The third kappa shape index (κ3) is 5.64. The van der Waals surface area contributed by atoms with Crippen LogP contribution >= 0.6 is 27.3 Å². The molecule has 42 heavy (non-hydrogen) atoms. The first kappa shape index (κ1) is 29.0. The molecule has 0 saturated heterocycles. The lowest BCUT2D eigenvalue weighted by Crippen LogP contribution is -2.40. The van der Waals surface area contributed by atoms with Crippen molar-refractivity contribution < 1.29 is 23.4 Å². The highest BCUT2D eigenvalue weighted by atomic mass is 79.9. The highest BCUT2D eigenvalue weighted by Crippen LogP contribution is 2.37. The van der Waals surface area contributed by atoms with Crippen LogP contribution < -0.4 is 24.4 Å². The number of fused-ring (bicyclic) bond motifs is 1. The molecule has 0 unspecified atom stereocenters. The second-order valence-corrected chi connectivity index (χ2v) is 10.8. The smallest absolute Gasteiger partial charge is 0.338 e. The SMILES string of the molecule is CCOC(=O)C1=C(c2ccccc2)N=c2s/c(=C/c3cc(Br)c(OCC#N)c(OC)c3)c(=O)n2[C@H]1c1ccc(F)cc1. The first-order chi connectivity index (χ1) is 20.4. The molecule has 1 atom stereocenters. The van der Waals surface area contributed by atoms with Crippen LogP contribution in [0.1, 0.15) is 29.7 Å². The number of hydrogen-bond donors (Lipinski definition) is 0. The van der Waals surface area contributed by atoms with Crippen molar-refractivity contribution in [1.29, 1.82) is 5.26 Å². The van der Waals surface area contributed by atoms with Gasteiger partial charge in [0, 0.05) is 5.56 Å². The van der Waals surface area contributed by atoms with Crippen LogP contribution in [-0.4, -0.2) is 30.9 Å². The van der Waals surface area contributed by atoms with E-state index in [1.807, 2.05) is 36.4 Å². The highest BCUT2D eigenvalue weighted by molar-refractivity contribution is 9.10. The number of nitriles is 1. The summed E-state index contributed by atoms with van der Waals surface area (Å²) in [4.78, 5) is 32.7. The summed E-state index contributed by atoms with van der Waals surface area (Å²) in [5.74, 6) is -0.331. The summed E-state index contributed by atoms with van der Waals surface area (Å²) >= 11 is 4.61. The number of rotatable bonds is 8. The van der Waals surface area contributed by atoms with E-state index in [1.54, 1.807) is 37.3 Å². The Labute approximate surface area is 252 Å². The topological polar surface area (TPSA) is 103 Å². The Morgan fingerprint density at radius 2 is 1.93 bits per heavy atom. The summed E-state index contributed by atoms with van der Waals surface area (Å²) in [6, 6.07) is 19.3. The average Bonchev–Trinajstić information content (AvgIpc) is 3.30. The Morgan fingerprint density at radius 3 is 2.60 bits per heavy atom. The zero-order valence-electron chi connectivity index (χ0n) is 22.5. The van der Waals surface area contributed by atoms with Crippen molar-refractivity contribution in [3.8, 4) is 17.6 Å². The first-order valence-electron chi connectivity index (χ1n) is 12.8. The number of ether oxygens (including phenoxy) is 3. The quantitative estimate of drug-likeness (QED) is 0.256. The summed E-state index contributed by atoms with van der Waals surface area (Å²) in [5, 5.41) is 8.90. The van der Waals surface area contributed by atoms with Gasteiger partial charge in [-0.05, 0) is 64.3 Å². The number of halogens is 2. The summed E-state index contributed by atoms with van der Waals surface area (Å²) in [7, 11) is 1.48. The molecule has 212 valence electrons. The molecule has 0 radical (unpaired) electrons. The number of nitrogens with zero attached hydrogens (tertiary/aromatic N) is 3. The van der Waals surface area contributed by atoms with Crippen molar-refractivity contribution in [3.63, 3.8) is 0 Å². The van der Waals surface area contributed by atoms with Crippen LogP contribution in [0.4, 0.5) is 4.39 Å². The van der Waals surface area contributed by atoms with Gasteiger partial charge in [0.1, 0.15) is 11.9 Å². The maximum absolute atomic E-state index is 14.0. The fourth-order valence-corrected chi connectivity index (χ4v) is 6.20. The van der Waals surface area contributed by atoms with E-state index in [2.05, 4.69) is 15.9 Å². The normalized spacial score (nSPS) is 14.5. The number of aromatic nitrogens is 1. The van der Waals surface area contributed by atoms with Crippen LogP contribution in [0.5, 0.6) is 11.5 Å². The van der Waals surface area contributed by atoms with E-state index in [4.69, 9.17) is 24.5 Å². The summed E-state index contributed by atoms with van der Waals surface area (Å²) in [6.07, 6.45) is 1.68. The van der Waals surface area contributed by atoms with Gasteiger partial charge in [0.05, 0.1) is 40.0 Å². The lowest BCUT2D eigenvalue weighted by molar-refractivity contribution is -0.138. The highest BCUT2D eigenvalue weighted by Gasteiger charge is 2.35. The summed E-state index contributed by atoms with van der Waals surface area (Å²) in [6.45, 7) is 1.66. The lowest BCUT2D eigenvalue weighted by Gasteiger charge is -2.25. The number of benzene rings is 3. The minimum absolute atomic E-state index is 0.121. The Hall–Kier alpha value is -4.53. The molecular formula is C31H23BrFN3O5S. The number of hydrogen-bond acceptors (Lipinski definition) is 8. The molecule has 3 aromatic carbocycles. The van der Waals surface area contributed by atoms with Gasteiger partial charge in [0.15, 0.2) is 22.9 Å². The van der Waals surface area contributed by atoms with E-state index in [0.29, 0.717) is 47.7 Å². The van der Waals surface area contributed by atoms with Gasteiger partial charge in [0.25, 0.3) is 5.56 Å². The van der Waals surface area contributed by atoms with Crippen LogP contribution in [0, 0.1) is 17.1 Å². The van der Waals surface area contributed by atoms with Crippen molar-refractivity contribution in [3.05, 3.63) is 119 Å². The summed E-state index contributed by atoms with van der Waals surface area (Å²) in [5.41, 5.74) is 1.99. The molecule has 0 saturated carbocycles. The standard InChI is InChI=1S/C31H23BrFN3O5S/c1-3-40-30(38)25-26(19-7-5-4-6-8-19)35-31-36(27(25)20-9-11-21(33)12-10-20)29(37)24(42-31)17-18-15-22(32)28(41-14-13-34)23(16-18)39-2/h4-12,15-17,27H,3,14H2,1-2H3/b24-17+/t27-/m0/s1. The number of thiazole rings is 1. The second kappa shape index (κ2) is 12.5. The third-order valence-electron chi connectivity index (χ3n) is 6.39. The average molecular weight is 649 g/mol. The predicted octanol–water partition coefficient (Wildman–Crippen LogP) is 4.75. The van der Waals surface area contributed by atoms with Crippen LogP contribution in [-0.2, 0) is 9.53 Å². The largest absolute Gasteiger partial charge is 0.493 e. The Balaban J connectivity index is 1.77. The monoisotopic (exact) mass is 647 g/mol. The molecule has 4 aromatic rings. The van der Waals surface area contributed by atoms with Crippen LogP contribution in [0.15, 0.2) is 86.6 Å². The number of esters is 1.